The maximum absolute atomic E-state index is 13.5. The molecule has 2 amide bonds. The molecular weight excluding hydrogens is 540 g/mol. The zero-order chi connectivity index (χ0) is 30.6. The number of amides is 2. The van der Waals surface area contributed by atoms with E-state index in [9.17, 15) is 28.2 Å². The summed E-state index contributed by atoms with van der Waals surface area (Å²) in [5.74, 6) is 0.492. The summed E-state index contributed by atoms with van der Waals surface area (Å²) in [5.41, 5.74) is 0.805. The van der Waals surface area contributed by atoms with Gasteiger partial charge >= 0.3 is 0 Å². The van der Waals surface area contributed by atoms with Crippen LogP contribution >= 0.6 is 0 Å². The third-order valence-electron chi connectivity index (χ3n) is 7.96. The molecule has 0 saturated heterocycles. The van der Waals surface area contributed by atoms with Crippen molar-refractivity contribution in [1.29, 1.82) is 0 Å². The number of sulfone groups is 1. The SMILES string of the molecule is C#CC[C@H](NC(=O)[C@H](Cc1ccccc1)CS(=O)(=O)C(C)C)C(=O)N[C@@H](CC1CCCCC1)[C@@H](O)[C@@H](O)CC(C)C. The summed E-state index contributed by atoms with van der Waals surface area (Å²) in [6, 6.07) is 7.31. The number of benzene rings is 1. The number of rotatable bonds is 16. The van der Waals surface area contributed by atoms with Crippen LogP contribution in [-0.4, -0.2) is 65.7 Å². The van der Waals surface area contributed by atoms with Crippen LogP contribution in [0, 0.1) is 30.1 Å². The lowest BCUT2D eigenvalue weighted by Crippen LogP contribution is -2.56. The van der Waals surface area contributed by atoms with Crippen molar-refractivity contribution in [3.05, 3.63) is 35.9 Å². The van der Waals surface area contributed by atoms with Crippen molar-refractivity contribution in [2.75, 3.05) is 5.75 Å². The molecule has 1 aliphatic rings. The fraction of sp³-hybridized carbons (Fsp3) is 0.688. The summed E-state index contributed by atoms with van der Waals surface area (Å²) < 4.78 is 25.6. The molecule has 0 heterocycles. The Morgan fingerprint density at radius 3 is 2.20 bits per heavy atom. The second-order valence-corrected chi connectivity index (χ2v) is 14.9. The molecule has 1 aromatic rings. The predicted molar refractivity (Wildman–Crippen MR) is 163 cm³/mol. The van der Waals surface area contributed by atoms with Gasteiger partial charge in [-0.2, -0.15) is 0 Å². The van der Waals surface area contributed by atoms with Gasteiger partial charge < -0.3 is 20.8 Å². The summed E-state index contributed by atoms with van der Waals surface area (Å²) in [4.78, 5) is 27.0. The summed E-state index contributed by atoms with van der Waals surface area (Å²) in [6.07, 6.45) is 9.70. The van der Waals surface area contributed by atoms with Gasteiger partial charge in [0.05, 0.1) is 29.1 Å². The van der Waals surface area contributed by atoms with E-state index in [-0.39, 0.29) is 24.5 Å². The number of carbonyl (C=O) groups excluding carboxylic acids is 2. The van der Waals surface area contributed by atoms with E-state index in [4.69, 9.17) is 6.42 Å². The van der Waals surface area contributed by atoms with Gasteiger partial charge in [0.2, 0.25) is 11.8 Å². The molecule has 2 rings (SSSR count). The van der Waals surface area contributed by atoms with Gasteiger partial charge in [-0.3, -0.25) is 9.59 Å². The monoisotopic (exact) mass is 590 g/mol. The van der Waals surface area contributed by atoms with E-state index in [1.54, 1.807) is 13.8 Å². The average Bonchev–Trinajstić information content (AvgIpc) is 2.92. The Bertz CT molecular complexity index is 1090. The number of hydrogen-bond acceptors (Lipinski definition) is 6. The summed E-state index contributed by atoms with van der Waals surface area (Å²) in [6.45, 7) is 7.06. The Labute approximate surface area is 247 Å². The van der Waals surface area contributed by atoms with Gasteiger partial charge in [0, 0.05) is 6.42 Å². The van der Waals surface area contributed by atoms with Crippen LogP contribution in [0.15, 0.2) is 30.3 Å². The van der Waals surface area contributed by atoms with E-state index in [1.165, 1.54) is 6.42 Å². The molecule has 9 heteroatoms. The molecule has 8 nitrogen and oxygen atoms in total. The van der Waals surface area contributed by atoms with Gasteiger partial charge in [-0.1, -0.05) is 76.3 Å². The van der Waals surface area contributed by atoms with Gasteiger partial charge in [0.25, 0.3) is 0 Å². The molecule has 0 radical (unpaired) electrons. The first-order valence-electron chi connectivity index (χ1n) is 15.0. The van der Waals surface area contributed by atoms with E-state index in [1.807, 2.05) is 44.2 Å². The zero-order valence-corrected chi connectivity index (χ0v) is 25.9. The fourth-order valence-electron chi connectivity index (χ4n) is 5.46. The minimum absolute atomic E-state index is 0.104. The molecule has 0 unspecified atom stereocenters. The van der Waals surface area contributed by atoms with Crippen molar-refractivity contribution in [2.24, 2.45) is 17.8 Å². The smallest absolute Gasteiger partial charge is 0.243 e. The van der Waals surface area contributed by atoms with Crippen LogP contribution in [0.3, 0.4) is 0 Å². The van der Waals surface area contributed by atoms with Crippen molar-refractivity contribution in [3.8, 4) is 12.3 Å². The molecule has 4 N–H and O–H groups in total. The van der Waals surface area contributed by atoms with Gasteiger partial charge in [-0.25, -0.2) is 8.42 Å². The topological polar surface area (TPSA) is 133 Å². The van der Waals surface area contributed by atoms with E-state index >= 15 is 0 Å². The molecule has 1 fully saturated rings. The minimum Gasteiger partial charge on any atom is -0.390 e. The van der Waals surface area contributed by atoms with Gasteiger partial charge in [0.1, 0.15) is 12.1 Å². The Morgan fingerprint density at radius 1 is 1.00 bits per heavy atom. The normalized spacial score (nSPS) is 18.2. The highest BCUT2D eigenvalue weighted by Gasteiger charge is 2.34. The highest BCUT2D eigenvalue weighted by atomic mass is 32.2. The third kappa shape index (κ3) is 11.8. The highest BCUT2D eigenvalue weighted by Crippen LogP contribution is 2.29. The fourth-order valence-corrected chi connectivity index (χ4v) is 6.67. The minimum atomic E-state index is -3.56. The van der Waals surface area contributed by atoms with Crippen LogP contribution in [-0.2, 0) is 25.8 Å². The molecule has 0 aliphatic heterocycles. The van der Waals surface area contributed by atoms with E-state index < -0.39 is 57.1 Å². The van der Waals surface area contributed by atoms with E-state index in [0.29, 0.717) is 18.8 Å². The Morgan fingerprint density at radius 2 is 1.63 bits per heavy atom. The Kier molecular flexibility index (Phi) is 14.3. The largest absolute Gasteiger partial charge is 0.390 e. The van der Waals surface area contributed by atoms with Crippen LogP contribution in [0.4, 0.5) is 0 Å². The average molecular weight is 591 g/mol. The maximum atomic E-state index is 13.5. The highest BCUT2D eigenvalue weighted by molar-refractivity contribution is 7.92. The maximum Gasteiger partial charge on any atom is 0.243 e. The number of aliphatic hydroxyl groups is 2. The lowest BCUT2D eigenvalue weighted by molar-refractivity contribution is -0.132. The van der Waals surface area contributed by atoms with Crippen molar-refractivity contribution in [2.45, 2.75) is 115 Å². The molecule has 1 saturated carbocycles. The summed E-state index contributed by atoms with van der Waals surface area (Å²) >= 11 is 0. The predicted octanol–water partition coefficient (Wildman–Crippen LogP) is 3.40. The number of nitrogens with one attached hydrogen (secondary N) is 2. The first-order chi connectivity index (χ1) is 19.3. The lowest BCUT2D eigenvalue weighted by atomic mass is 9.82. The molecule has 41 heavy (non-hydrogen) atoms. The molecule has 0 bridgehead atoms. The van der Waals surface area contributed by atoms with Gasteiger partial charge in [-0.15, -0.1) is 12.3 Å². The van der Waals surface area contributed by atoms with Crippen molar-refractivity contribution >= 4 is 21.7 Å². The van der Waals surface area contributed by atoms with Crippen LogP contribution in [0.1, 0.15) is 84.6 Å². The van der Waals surface area contributed by atoms with Crippen molar-refractivity contribution in [3.63, 3.8) is 0 Å². The van der Waals surface area contributed by atoms with Crippen molar-refractivity contribution < 1.29 is 28.2 Å². The molecule has 230 valence electrons. The first kappa shape index (κ1) is 34.8. The third-order valence-corrected chi connectivity index (χ3v) is 10.3. The molecule has 1 aliphatic carbocycles. The Hall–Kier alpha value is -2.41. The second kappa shape index (κ2) is 16.9. The molecule has 5 atom stereocenters. The lowest BCUT2D eigenvalue weighted by Gasteiger charge is -2.33. The first-order valence-corrected chi connectivity index (χ1v) is 16.7. The summed E-state index contributed by atoms with van der Waals surface area (Å²) in [7, 11) is -3.56. The van der Waals surface area contributed by atoms with Gasteiger partial charge in [-0.05, 0) is 50.5 Å². The number of terminal acetylenes is 1. The van der Waals surface area contributed by atoms with Crippen LogP contribution in [0.5, 0.6) is 0 Å². The zero-order valence-electron chi connectivity index (χ0n) is 25.1. The van der Waals surface area contributed by atoms with Crippen molar-refractivity contribution in [1.82, 2.24) is 10.6 Å². The Balaban J connectivity index is 2.24. The quantitative estimate of drug-likeness (QED) is 0.218. The number of hydrogen-bond donors (Lipinski definition) is 4. The van der Waals surface area contributed by atoms with E-state index in [0.717, 1.165) is 31.2 Å². The molecule has 0 spiro atoms. The molecule has 0 aromatic heterocycles. The second-order valence-electron chi connectivity index (χ2n) is 12.3. The standard InChI is InChI=1S/C32H50N2O6S/c1-6-13-27(33-31(37)26(21-41(39,40)23(4)5)19-24-14-9-7-10-15-24)32(38)34-28(20-25-16-11-8-12-17-25)30(36)29(35)18-22(2)3/h1,7,9-10,14-15,22-23,25-30,35-36H,8,11-13,16-21H2,2-5H3,(H,33,37)(H,34,38)/t26-,27+,28+,29+,30-/m1/s1. The summed E-state index contributed by atoms with van der Waals surface area (Å²) in [5, 5.41) is 26.7. The van der Waals surface area contributed by atoms with Crippen LogP contribution in [0.25, 0.3) is 0 Å². The van der Waals surface area contributed by atoms with Crippen LogP contribution in [0.2, 0.25) is 0 Å². The van der Waals surface area contributed by atoms with Crippen LogP contribution < -0.4 is 10.6 Å². The molecule has 1 aromatic carbocycles. The molecular formula is C32H50N2O6S. The number of carbonyl (C=O) groups is 2. The van der Waals surface area contributed by atoms with Gasteiger partial charge in [0.15, 0.2) is 9.84 Å². The number of aliphatic hydroxyl groups excluding tert-OH is 2. The van der Waals surface area contributed by atoms with E-state index in [2.05, 4.69) is 16.6 Å².